The SMILES string of the molecule is O=C(CN1CC=C(c2ccccc2)CC1)Nc1ccc2c(c1)CCC2. The highest BCUT2D eigenvalue weighted by Crippen LogP contribution is 2.25. The van der Waals surface area contributed by atoms with Crippen LogP contribution < -0.4 is 5.32 Å². The first-order valence-electron chi connectivity index (χ1n) is 9.16. The van der Waals surface area contributed by atoms with Crippen LogP contribution in [0, 0.1) is 0 Å². The number of aryl methyl sites for hydroxylation is 2. The molecule has 0 saturated carbocycles. The molecule has 1 heterocycles. The van der Waals surface area contributed by atoms with Crippen molar-refractivity contribution in [1.82, 2.24) is 4.90 Å². The van der Waals surface area contributed by atoms with Crippen LogP contribution in [0.2, 0.25) is 0 Å². The Kier molecular flexibility index (Phi) is 4.66. The van der Waals surface area contributed by atoms with E-state index < -0.39 is 0 Å². The number of fused-ring (bicyclic) bond motifs is 1. The Morgan fingerprint density at radius 3 is 2.64 bits per heavy atom. The molecular formula is C22H24N2O. The van der Waals surface area contributed by atoms with Crippen LogP contribution in [0.3, 0.4) is 0 Å². The minimum Gasteiger partial charge on any atom is -0.325 e. The molecular weight excluding hydrogens is 308 g/mol. The molecule has 2 aliphatic rings. The molecule has 3 nitrogen and oxygen atoms in total. The van der Waals surface area contributed by atoms with Crippen LogP contribution in [0.15, 0.2) is 54.6 Å². The Hall–Kier alpha value is -2.39. The third kappa shape index (κ3) is 3.83. The van der Waals surface area contributed by atoms with E-state index in [4.69, 9.17) is 0 Å². The number of hydrogen-bond acceptors (Lipinski definition) is 2. The van der Waals surface area contributed by atoms with E-state index in [1.165, 1.54) is 35.1 Å². The molecule has 0 spiro atoms. The average Bonchev–Trinajstić information content (AvgIpc) is 3.11. The van der Waals surface area contributed by atoms with Gasteiger partial charge in [-0.05, 0) is 60.1 Å². The summed E-state index contributed by atoms with van der Waals surface area (Å²) in [7, 11) is 0. The number of anilines is 1. The molecule has 1 aliphatic heterocycles. The lowest BCUT2D eigenvalue weighted by molar-refractivity contribution is -0.117. The van der Waals surface area contributed by atoms with Crippen LogP contribution in [0.25, 0.3) is 5.57 Å². The second kappa shape index (κ2) is 7.24. The van der Waals surface area contributed by atoms with E-state index in [1.807, 2.05) is 12.1 Å². The fraction of sp³-hybridized carbons (Fsp3) is 0.318. The van der Waals surface area contributed by atoms with Crippen molar-refractivity contribution in [2.24, 2.45) is 0 Å². The first-order chi connectivity index (χ1) is 12.3. The maximum atomic E-state index is 12.4. The summed E-state index contributed by atoms with van der Waals surface area (Å²) < 4.78 is 0. The lowest BCUT2D eigenvalue weighted by atomic mass is 10.00. The topological polar surface area (TPSA) is 32.3 Å². The number of carbonyl (C=O) groups is 1. The Balaban J connectivity index is 1.32. The van der Waals surface area contributed by atoms with E-state index in [9.17, 15) is 4.79 Å². The predicted octanol–water partition coefficient (Wildman–Crippen LogP) is 3.90. The maximum absolute atomic E-state index is 12.4. The van der Waals surface area contributed by atoms with E-state index >= 15 is 0 Å². The smallest absolute Gasteiger partial charge is 0.238 e. The van der Waals surface area contributed by atoms with Gasteiger partial charge in [0.1, 0.15) is 0 Å². The second-order valence-corrected chi connectivity index (χ2v) is 6.97. The van der Waals surface area contributed by atoms with Gasteiger partial charge >= 0.3 is 0 Å². The molecule has 0 fully saturated rings. The van der Waals surface area contributed by atoms with Crippen LogP contribution in [0.4, 0.5) is 5.69 Å². The van der Waals surface area contributed by atoms with Crippen molar-refractivity contribution >= 4 is 17.2 Å². The van der Waals surface area contributed by atoms with E-state index in [-0.39, 0.29) is 5.91 Å². The largest absolute Gasteiger partial charge is 0.325 e. The van der Waals surface area contributed by atoms with Gasteiger partial charge in [0.25, 0.3) is 0 Å². The van der Waals surface area contributed by atoms with Crippen molar-refractivity contribution in [3.63, 3.8) is 0 Å². The van der Waals surface area contributed by atoms with Gasteiger partial charge in [0.15, 0.2) is 0 Å². The quantitative estimate of drug-likeness (QED) is 0.921. The molecule has 0 unspecified atom stereocenters. The molecule has 0 radical (unpaired) electrons. The maximum Gasteiger partial charge on any atom is 0.238 e. The zero-order valence-electron chi connectivity index (χ0n) is 14.5. The van der Waals surface area contributed by atoms with E-state index in [0.717, 1.165) is 31.6 Å². The minimum atomic E-state index is 0.0782. The van der Waals surface area contributed by atoms with Gasteiger partial charge in [0.2, 0.25) is 5.91 Å². The summed E-state index contributed by atoms with van der Waals surface area (Å²) >= 11 is 0. The number of carbonyl (C=O) groups excluding carboxylic acids is 1. The van der Waals surface area contributed by atoms with Crippen LogP contribution in [-0.2, 0) is 17.6 Å². The molecule has 0 saturated heterocycles. The van der Waals surface area contributed by atoms with Crippen LogP contribution in [-0.4, -0.2) is 30.4 Å². The molecule has 2 aromatic carbocycles. The fourth-order valence-corrected chi connectivity index (χ4v) is 3.82. The zero-order chi connectivity index (χ0) is 17.1. The lowest BCUT2D eigenvalue weighted by Gasteiger charge is -2.26. The second-order valence-electron chi connectivity index (χ2n) is 6.97. The normalized spacial score (nSPS) is 17.0. The molecule has 0 atom stereocenters. The summed E-state index contributed by atoms with van der Waals surface area (Å²) in [6, 6.07) is 16.8. The van der Waals surface area contributed by atoms with Crippen LogP contribution >= 0.6 is 0 Å². The molecule has 128 valence electrons. The average molecular weight is 332 g/mol. The standard InChI is InChI=1S/C22H24N2O/c25-22(23-21-10-9-18-7-4-8-20(18)15-21)16-24-13-11-19(12-14-24)17-5-2-1-3-6-17/h1-3,5-6,9-11,15H,4,7-8,12-14,16H2,(H,23,25). The number of rotatable bonds is 4. The van der Waals surface area contributed by atoms with Crippen molar-refractivity contribution in [3.8, 4) is 0 Å². The van der Waals surface area contributed by atoms with Gasteiger partial charge in [-0.15, -0.1) is 0 Å². The first-order valence-corrected chi connectivity index (χ1v) is 9.16. The zero-order valence-corrected chi connectivity index (χ0v) is 14.5. The van der Waals surface area contributed by atoms with Gasteiger partial charge in [0, 0.05) is 18.8 Å². The summed E-state index contributed by atoms with van der Waals surface area (Å²) in [5, 5.41) is 3.06. The highest BCUT2D eigenvalue weighted by Gasteiger charge is 2.16. The van der Waals surface area contributed by atoms with Gasteiger partial charge in [-0.25, -0.2) is 0 Å². The highest BCUT2D eigenvalue weighted by atomic mass is 16.2. The van der Waals surface area contributed by atoms with Crippen LogP contribution in [0.1, 0.15) is 29.5 Å². The van der Waals surface area contributed by atoms with Crippen molar-refractivity contribution in [1.29, 1.82) is 0 Å². The Morgan fingerprint density at radius 2 is 1.84 bits per heavy atom. The third-order valence-electron chi connectivity index (χ3n) is 5.19. The fourth-order valence-electron chi connectivity index (χ4n) is 3.82. The number of benzene rings is 2. The summed E-state index contributed by atoms with van der Waals surface area (Å²) in [5.74, 6) is 0.0782. The van der Waals surface area contributed by atoms with Gasteiger partial charge in [0.05, 0.1) is 6.54 Å². The molecule has 4 rings (SSSR count). The van der Waals surface area contributed by atoms with Crippen molar-refractivity contribution < 1.29 is 4.79 Å². The van der Waals surface area contributed by atoms with Gasteiger partial charge < -0.3 is 5.32 Å². The van der Waals surface area contributed by atoms with Crippen LogP contribution in [0.5, 0.6) is 0 Å². The van der Waals surface area contributed by atoms with Crippen molar-refractivity contribution in [2.75, 3.05) is 25.0 Å². The summed E-state index contributed by atoms with van der Waals surface area (Å²) in [6.45, 7) is 2.22. The minimum absolute atomic E-state index is 0.0782. The highest BCUT2D eigenvalue weighted by molar-refractivity contribution is 5.92. The van der Waals surface area contributed by atoms with Gasteiger partial charge in [-0.3, -0.25) is 9.69 Å². The van der Waals surface area contributed by atoms with Crippen molar-refractivity contribution in [3.05, 3.63) is 71.3 Å². The van der Waals surface area contributed by atoms with E-state index in [1.54, 1.807) is 0 Å². The Morgan fingerprint density at radius 1 is 1.00 bits per heavy atom. The number of hydrogen-bond donors (Lipinski definition) is 1. The molecule has 0 aromatic heterocycles. The third-order valence-corrected chi connectivity index (χ3v) is 5.19. The lowest BCUT2D eigenvalue weighted by Crippen LogP contribution is -2.36. The summed E-state index contributed by atoms with van der Waals surface area (Å²) in [6.07, 6.45) is 6.79. The van der Waals surface area contributed by atoms with E-state index in [2.05, 4.69) is 52.7 Å². The molecule has 1 amide bonds. The Labute approximate surface area is 149 Å². The molecule has 0 bridgehead atoms. The summed E-state index contributed by atoms with van der Waals surface area (Å²) in [4.78, 5) is 14.6. The van der Waals surface area contributed by atoms with Crippen molar-refractivity contribution in [2.45, 2.75) is 25.7 Å². The number of nitrogens with one attached hydrogen (secondary N) is 1. The van der Waals surface area contributed by atoms with Gasteiger partial charge in [-0.1, -0.05) is 42.5 Å². The number of nitrogens with zero attached hydrogens (tertiary/aromatic N) is 1. The predicted molar refractivity (Wildman–Crippen MR) is 103 cm³/mol. The van der Waals surface area contributed by atoms with Gasteiger partial charge in [-0.2, -0.15) is 0 Å². The molecule has 2 aromatic rings. The summed E-state index contributed by atoms with van der Waals surface area (Å²) in [5.41, 5.74) is 6.45. The Bertz CT molecular complexity index is 795. The van der Waals surface area contributed by atoms with E-state index in [0.29, 0.717) is 6.54 Å². The molecule has 1 N–H and O–H groups in total. The number of amides is 1. The monoisotopic (exact) mass is 332 g/mol. The molecule has 3 heteroatoms. The molecule has 1 aliphatic carbocycles. The first kappa shape index (κ1) is 16.1. The molecule has 25 heavy (non-hydrogen) atoms.